The van der Waals surface area contributed by atoms with Gasteiger partial charge in [-0.15, -0.1) is 0 Å². The topological polar surface area (TPSA) is 65.8 Å². The number of nitrogens with zero attached hydrogens (tertiary/aromatic N) is 2. The number of nitriles is 1. The lowest BCUT2D eigenvalue weighted by Gasteiger charge is -2.05. The molecule has 20 heavy (non-hydrogen) atoms. The number of rotatable bonds is 3. The second kappa shape index (κ2) is 5.93. The van der Waals surface area contributed by atoms with Gasteiger partial charge in [-0.3, -0.25) is 4.79 Å². The number of carbonyl (C=O) groups is 1. The molecule has 0 radical (unpaired) electrons. The monoisotopic (exact) mass is 269 g/mol. The van der Waals surface area contributed by atoms with Crippen LogP contribution >= 0.6 is 0 Å². The summed E-state index contributed by atoms with van der Waals surface area (Å²) in [7, 11) is 0. The van der Waals surface area contributed by atoms with E-state index in [-0.39, 0.29) is 18.1 Å². The summed E-state index contributed by atoms with van der Waals surface area (Å²) >= 11 is 0. The Morgan fingerprint density at radius 2 is 2.20 bits per heavy atom. The minimum absolute atomic E-state index is 0.142. The number of halogens is 1. The fourth-order valence-corrected chi connectivity index (χ4v) is 1.72. The Kier molecular flexibility index (Phi) is 4.06. The van der Waals surface area contributed by atoms with Gasteiger partial charge in [0.15, 0.2) is 0 Å². The van der Waals surface area contributed by atoms with Crippen molar-refractivity contribution in [2.75, 3.05) is 5.32 Å². The first-order valence-corrected chi connectivity index (χ1v) is 5.99. The molecule has 1 N–H and O–H groups in total. The summed E-state index contributed by atoms with van der Waals surface area (Å²) in [6, 6.07) is 9.65. The molecule has 1 heterocycles. The fourth-order valence-electron chi connectivity index (χ4n) is 1.72. The summed E-state index contributed by atoms with van der Waals surface area (Å²) in [6.07, 6.45) is 1.53. The molecule has 2 aromatic rings. The number of aromatic nitrogens is 1. The lowest BCUT2D eigenvalue weighted by Crippen LogP contribution is -2.15. The van der Waals surface area contributed by atoms with Crippen LogP contribution in [0.4, 0.5) is 10.2 Å². The van der Waals surface area contributed by atoms with Crippen LogP contribution in [0.3, 0.4) is 0 Å². The second-order valence-corrected chi connectivity index (χ2v) is 4.35. The number of carbonyl (C=O) groups excluding carboxylic acids is 1. The maximum atomic E-state index is 13.1. The van der Waals surface area contributed by atoms with Crippen molar-refractivity contribution in [2.24, 2.45) is 0 Å². The number of hydrogen-bond donors (Lipinski definition) is 1. The van der Waals surface area contributed by atoms with E-state index in [1.54, 1.807) is 31.2 Å². The van der Waals surface area contributed by atoms with Gasteiger partial charge in [-0.2, -0.15) is 5.26 Å². The Balaban J connectivity index is 2.01. The van der Waals surface area contributed by atoms with E-state index in [4.69, 9.17) is 5.26 Å². The van der Waals surface area contributed by atoms with Crippen molar-refractivity contribution in [3.05, 3.63) is 59.0 Å². The van der Waals surface area contributed by atoms with E-state index < -0.39 is 0 Å². The highest BCUT2D eigenvalue weighted by molar-refractivity contribution is 5.91. The second-order valence-electron chi connectivity index (χ2n) is 4.35. The predicted molar refractivity (Wildman–Crippen MR) is 72.4 cm³/mol. The smallest absolute Gasteiger partial charge is 0.229 e. The lowest BCUT2D eigenvalue weighted by molar-refractivity contribution is -0.115. The molecule has 1 aromatic heterocycles. The average molecular weight is 269 g/mol. The summed E-state index contributed by atoms with van der Waals surface area (Å²) in [5.41, 5.74) is 1.67. The third-order valence-corrected chi connectivity index (χ3v) is 2.75. The Morgan fingerprint density at radius 3 is 2.80 bits per heavy atom. The Labute approximate surface area is 115 Å². The maximum absolute atomic E-state index is 13.1. The van der Waals surface area contributed by atoms with Gasteiger partial charge in [0.25, 0.3) is 0 Å². The zero-order valence-corrected chi connectivity index (χ0v) is 10.9. The zero-order valence-electron chi connectivity index (χ0n) is 10.9. The third-order valence-electron chi connectivity index (χ3n) is 2.75. The van der Waals surface area contributed by atoms with Crippen molar-refractivity contribution in [3.8, 4) is 6.07 Å². The molecule has 0 atom stereocenters. The minimum atomic E-state index is -0.289. The van der Waals surface area contributed by atoms with Crippen molar-refractivity contribution < 1.29 is 9.18 Å². The molecule has 0 bridgehead atoms. The standard InChI is InChI=1S/C15H12FN3O/c1-10-6-11(2-4-13(10)16)7-15(20)19-14-5-3-12(8-17)9-18-14/h2-6,9H,7H2,1H3,(H,18,19,20). The molecule has 0 aliphatic carbocycles. The number of anilines is 1. The molecule has 0 aliphatic heterocycles. The van der Waals surface area contributed by atoms with Gasteiger partial charge >= 0.3 is 0 Å². The van der Waals surface area contributed by atoms with Crippen molar-refractivity contribution >= 4 is 11.7 Å². The summed E-state index contributed by atoms with van der Waals surface area (Å²) in [5.74, 6) is -0.149. The van der Waals surface area contributed by atoms with E-state index in [9.17, 15) is 9.18 Å². The van der Waals surface area contributed by atoms with Crippen molar-refractivity contribution in [3.63, 3.8) is 0 Å². The van der Waals surface area contributed by atoms with Crippen LogP contribution in [0.5, 0.6) is 0 Å². The number of benzene rings is 1. The van der Waals surface area contributed by atoms with Crippen LogP contribution in [0.1, 0.15) is 16.7 Å². The summed E-state index contributed by atoms with van der Waals surface area (Å²) < 4.78 is 13.1. The van der Waals surface area contributed by atoms with E-state index >= 15 is 0 Å². The summed E-state index contributed by atoms with van der Waals surface area (Å²) in [5, 5.41) is 11.3. The molecule has 4 nitrogen and oxygen atoms in total. The number of hydrogen-bond acceptors (Lipinski definition) is 3. The Hall–Kier alpha value is -2.74. The highest BCUT2D eigenvalue weighted by Gasteiger charge is 2.06. The van der Waals surface area contributed by atoms with Crippen molar-refractivity contribution in [2.45, 2.75) is 13.3 Å². The van der Waals surface area contributed by atoms with Crippen LogP contribution in [0.15, 0.2) is 36.5 Å². The van der Waals surface area contributed by atoms with E-state index in [2.05, 4.69) is 10.3 Å². The summed E-state index contributed by atoms with van der Waals surface area (Å²) in [6.45, 7) is 1.65. The van der Waals surface area contributed by atoms with Crippen LogP contribution in [-0.2, 0) is 11.2 Å². The number of pyridine rings is 1. The molecular weight excluding hydrogens is 257 g/mol. The Morgan fingerprint density at radius 1 is 1.40 bits per heavy atom. The molecule has 0 spiro atoms. The van der Waals surface area contributed by atoms with Gasteiger partial charge in [-0.05, 0) is 36.2 Å². The van der Waals surface area contributed by atoms with Gasteiger partial charge in [-0.25, -0.2) is 9.37 Å². The number of nitrogens with one attached hydrogen (secondary N) is 1. The van der Waals surface area contributed by atoms with Crippen LogP contribution < -0.4 is 5.32 Å². The van der Waals surface area contributed by atoms with E-state index in [1.165, 1.54) is 12.3 Å². The molecular formula is C15H12FN3O. The van der Waals surface area contributed by atoms with Crippen LogP contribution in [0.2, 0.25) is 0 Å². The predicted octanol–water partition coefficient (Wildman–Crippen LogP) is 2.58. The largest absolute Gasteiger partial charge is 0.310 e. The SMILES string of the molecule is Cc1cc(CC(=O)Nc2ccc(C#N)cn2)ccc1F. The molecule has 0 unspecified atom stereocenters. The normalized spacial score (nSPS) is 9.85. The van der Waals surface area contributed by atoms with Crippen LogP contribution in [0.25, 0.3) is 0 Å². The molecule has 5 heteroatoms. The first-order chi connectivity index (χ1) is 9.58. The molecule has 1 amide bonds. The molecule has 0 fully saturated rings. The van der Waals surface area contributed by atoms with Crippen molar-refractivity contribution in [1.29, 1.82) is 5.26 Å². The number of amides is 1. The van der Waals surface area contributed by atoms with Gasteiger partial charge < -0.3 is 5.32 Å². The van der Waals surface area contributed by atoms with E-state index in [0.717, 1.165) is 5.56 Å². The van der Waals surface area contributed by atoms with Gasteiger partial charge in [0.05, 0.1) is 12.0 Å². The molecule has 2 rings (SSSR count). The van der Waals surface area contributed by atoms with Gasteiger partial charge in [-0.1, -0.05) is 12.1 Å². The highest BCUT2D eigenvalue weighted by atomic mass is 19.1. The highest BCUT2D eigenvalue weighted by Crippen LogP contribution is 2.11. The minimum Gasteiger partial charge on any atom is -0.310 e. The lowest BCUT2D eigenvalue weighted by atomic mass is 10.1. The van der Waals surface area contributed by atoms with Crippen LogP contribution in [-0.4, -0.2) is 10.9 Å². The molecule has 0 saturated heterocycles. The molecule has 0 aliphatic rings. The van der Waals surface area contributed by atoms with Gasteiger partial charge in [0.1, 0.15) is 17.7 Å². The van der Waals surface area contributed by atoms with Gasteiger partial charge in [0.2, 0.25) is 5.91 Å². The molecule has 0 saturated carbocycles. The average Bonchev–Trinajstić information content (AvgIpc) is 2.44. The maximum Gasteiger partial charge on any atom is 0.229 e. The quantitative estimate of drug-likeness (QED) is 0.931. The summed E-state index contributed by atoms with van der Waals surface area (Å²) in [4.78, 5) is 15.8. The van der Waals surface area contributed by atoms with Crippen LogP contribution in [0, 0.1) is 24.1 Å². The molecule has 1 aromatic carbocycles. The van der Waals surface area contributed by atoms with Crippen molar-refractivity contribution in [1.82, 2.24) is 4.98 Å². The fraction of sp³-hybridized carbons (Fsp3) is 0.133. The van der Waals surface area contributed by atoms with Gasteiger partial charge in [0, 0.05) is 6.20 Å². The Bertz CT molecular complexity index is 675. The third kappa shape index (κ3) is 3.39. The molecule has 100 valence electrons. The first kappa shape index (κ1) is 13.7. The van der Waals surface area contributed by atoms with E-state index in [1.807, 2.05) is 6.07 Å². The van der Waals surface area contributed by atoms with E-state index in [0.29, 0.717) is 16.9 Å². The first-order valence-electron chi connectivity index (χ1n) is 5.99. The number of aryl methyl sites for hydroxylation is 1. The zero-order chi connectivity index (χ0) is 14.5.